The van der Waals surface area contributed by atoms with Crippen molar-refractivity contribution in [2.75, 3.05) is 0 Å². The molecule has 3 atom stereocenters. The van der Waals surface area contributed by atoms with Crippen molar-refractivity contribution in [2.24, 2.45) is 17.7 Å². The highest BCUT2D eigenvalue weighted by Crippen LogP contribution is 2.40. The highest BCUT2D eigenvalue weighted by atomic mass is 19.1. The molecule has 3 N–H and O–H groups in total. The molecule has 106 valence electrons. The number of rotatable bonds is 4. The lowest BCUT2D eigenvalue weighted by Crippen LogP contribution is -2.38. The van der Waals surface area contributed by atoms with Gasteiger partial charge >= 0.3 is 0 Å². The van der Waals surface area contributed by atoms with Gasteiger partial charge in [0.2, 0.25) is 0 Å². The molecule has 1 saturated carbocycles. The Balaban J connectivity index is 2.29. The van der Waals surface area contributed by atoms with Crippen molar-refractivity contribution in [1.29, 1.82) is 0 Å². The predicted molar refractivity (Wildman–Crippen MR) is 76.9 cm³/mol. The van der Waals surface area contributed by atoms with Crippen molar-refractivity contribution < 1.29 is 4.39 Å². The van der Waals surface area contributed by atoms with E-state index in [2.05, 4.69) is 12.3 Å². The van der Waals surface area contributed by atoms with Crippen molar-refractivity contribution >= 4 is 0 Å². The maximum Gasteiger partial charge on any atom is 0.128 e. The average molecular weight is 264 g/mol. The summed E-state index contributed by atoms with van der Waals surface area (Å²) in [5.74, 6) is 6.70. The van der Waals surface area contributed by atoms with E-state index in [1.165, 1.54) is 19.3 Å². The summed E-state index contributed by atoms with van der Waals surface area (Å²) >= 11 is 0. The molecule has 19 heavy (non-hydrogen) atoms. The maximum atomic E-state index is 14.1. The van der Waals surface area contributed by atoms with Gasteiger partial charge in [-0.15, -0.1) is 0 Å². The number of nitrogens with two attached hydrogens (primary N) is 1. The second kappa shape index (κ2) is 6.49. The summed E-state index contributed by atoms with van der Waals surface area (Å²) < 4.78 is 14.1. The number of halogens is 1. The number of benzene rings is 1. The van der Waals surface area contributed by atoms with Crippen LogP contribution in [0.15, 0.2) is 18.2 Å². The molecule has 0 aromatic heterocycles. The van der Waals surface area contributed by atoms with Crippen LogP contribution in [0.2, 0.25) is 0 Å². The van der Waals surface area contributed by atoms with Crippen molar-refractivity contribution in [3.8, 4) is 0 Å². The van der Waals surface area contributed by atoms with Crippen molar-refractivity contribution in [1.82, 2.24) is 5.43 Å². The fourth-order valence-corrected chi connectivity index (χ4v) is 3.53. The first-order chi connectivity index (χ1) is 9.17. The van der Waals surface area contributed by atoms with Crippen LogP contribution < -0.4 is 11.3 Å². The molecule has 1 fully saturated rings. The largest absolute Gasteiger partial charge is 0.271 e. The Hall–Kier alpha value is -0.930. The van der Waals surface area contributed by atoms with Gasteiger partial charge < -0.3 is 0 Å². The lowest BCUT2D eigenvalue weighted by Gasteiger charge is -2.37. The first kappa shape index (κ1) is 14.5. The first-order valence-corrected chi connectivity index (χ1v) is 7.39. The standard InChI is InChI=1S/C16H25FN2/c1-3-12-6-4-5-7-13(12)16(19-18)14-10-11(2)8-9-15(14)17/h8-10,12-13,16,19H,3-7,18H2,1-2H3. The Labute approximate surface area is 115 Å². The van der Waals surface area contributed by atoms with E-state index in [9.17, 15) is 4.39 Å². The van der Waals surface area contributed by atoms with E-state index in [0.717, 1.165) is 24.0 Å². The molecular formula is C16H25FN2. The van der Waals surface area contributed by atoms with Crippen molar-refractivity contribution in [3.63, 3.8) is 0 Å². The Morgan fingerprint density at radius 1 is 1.37 bits per heavy atom. The number of hydrogen-bond acceptors (Lipinski definition) is 2. The van der Waals surface area contributed by atoms with E-state index in [1.807, 2.05) is 19.1 Å². The molecule has 0 radical (unpaired) electrons. The molecule has 3 heteroatoms. The minimum Gasteiger partial charge on any atom is -0.271 e. The van der Waals surface area contributed by atoms with E-state index in [-0.39, 0.29) is 11.9 Å². The fraction of sp³-hybridized carbons (Fsp3) is 0.625. The monoisotopic (exact) mass is 264 g/mol. The second-order valence-corrected chi connectivity index (χ2v) is 5.79. The lowest BCUT2D eigenvalue weighted by molar-refractivity contribution is 0.173. The number of hydrazine groups is 1. The third kappa shape index (κ3) is 3.15. The molecule has 1 aromatic rings. The molecule has 0 spiro atoms. The normalized spacial score (nSPS) is 25.3. The van der Waals surface area contributed by atoms with Gasteiger partial charge in [0.15, 0.2) is 0 Å². The average Bonchev–Trinajstić information content (AvgIpc) is 2.44. The third-order valence-electron chi connectivity index (χ3n) is 4.59. The van der Waals surface area contributed by atoms with Crippen LogP contribution in [0, 0.1) is 24.6 Å². The van der Waals surface area contributed by atoms with Gasteiger partial charge in [-0.3, -0.25) is 11.3 Å². The highest BCUT2D eigenvalue weighted by molar-refractivity contribution is 5.27. The van der Waals surface area contributed by atoms with Crippen LogP contribution in [-0.2, 0) is 0 Å². The van der Waals surface area contributed by atoms with E-state index in [0.29, 0.717) is 11.8 Å². The molecule has 0 aliphatic heterocycles. The van der Waals surface area contributed by atoms with E-state index < -0.39 is 0 Å². The number of aryl methyl sites for hydroxylation is 1. The Kier molecular flexibility index (Phi) is 4.94. The molecule has 1 aromatic carbocycles. The van der Waals surface area contributed by atoms with Crippen LogP contribution in [-0.4, -0.2) is 0 Å². The zero-order valence-corrected chi connectivity index (χ0v) is 12.0. The van der Waals surface area contributed by atoms with Crippen molar-refractivity contribution in [3.05, 3.63) is 35.1 Å². The van der Waals surface area contributed by atoms with Gasteiger partial charge in [-0.2, -0.15) is 0 Å². The molecule has 0 bridgehead atoms. The SMILES string of the molecule is CCC1CCCCC1C(NN)c1cc(C)ccc1F. The summed E-state index contributed by atoms with van der Waals surface area (Å²) in [5.41, 5.74) is 4.69. The molecule has 2 rings (SSSR count). The highest BCUT2D eigenvalue weighted by Gasteiger charge is 2.32. The maximum absolute atomic E-state index is 14.1. The van der Waals surface area contributed by atoms with Crippen LogP contribution in [0.3, 0.4) is 0 Å². The first-order valence-electron chi connectivity index (χ1n) is 7.39. The zero-order chi connectivity index (χ0) is 13.8. The van der Waals surface area contributed by atoms with Gasteiger partial charge in [0.25, 0.3) is 0 Å². The zero-order valence-electron chi connectivity index (χ0n) is 12.0. The summed E-state index contributed by atoms with van der Waals surface area (Å²) in [6.07, 6.45) is 6.05. The smallest absolute Gasteiger partial charge is 0.128 e. The van der Waals surface area contributed by atoms with Gasteiger partial charge in [0, 0.05) is 5.56 Å². The van der Waals surface area contributed by atoms with E-state index in [1.54, 1.807) is 6.07 Å². The lowest BCUT2D eigenvalue weighted by atomic mass is 9.72. The third-order valence-corrected chi connectivity index (χ3v) is 4.59. The summed E-state index contributed by atoms with van der Waals surface area (Å²) in [4.78, 5) is 0. The van der Waals surface area contributed by atoms with Gasteiger partial charge in [0.05, 0.1) is 6.04 Å². The summed E-state index contributed by atoms with van der Waals surface area (Å²) in [6.45, 7) is 4.22. The number of nitrogens with one attached hydrogen (secondary N) is 1. The molecule has 1 aliphatic rings. The molecule has 1 aliphatic carbocycles. The molecule has 2 nitrogen and oxygen atoms in total. The van der Waals surface area contributed by atoms with Crippen LogP contribution >= 0.6 is 0 Å². The fourth-order valence-electron chi connectivity index (χ4n) is 3.53. The predicted octanol–water partition coefficient (Wildman–Crippen LogP) is 3.85. The van der Waals surface area contributed by atoms with Crippen LogP contribution in [0.25, 0.3) is 0 Å². The molecular weight excluding hydrogens is 239 g/mol. The van der Waals surface area contributed by atoms with Gasteiger partial charge in [0.1, 0.15) is 5.82 Å². The summed E-state index contributed by atoms with van der Waals surface area (Å²) in [6, 6.07) is 5.23. The van der Waals surface area contributed by atoms with Gasteiger partial charge in [-0.1, -0.05) is 50.3 Å². The van der Waals surface area contributed by atoms with Crippen molar-refractivity contribution in [2.45, 2.75) is 52.0 Å². The quantitative estimate of drug-likeness (QED) is 0.640. The second-order valence-electron chi connectivity index (χ2n) is 5.79. The summed E-state index contributed by atoms with van der Waals surface area (Å²) in [7, 11) is 0. The van der Waals surface area contributed by atoms with Crippen LogP contribution in [0.5, 0.6) is 0 Å². The minimum atomic E-state index is -0.144. The summed E-state index contributed by atoms with van der Waals surface area (Å²) in [5, 5.41) is 0. The molecule has 0 heterocycles. The molecule has 3 unspecified atom stereocenters. The van der Waals surface area contributed by atoms with E-state index in [4.69, 9.17) is 5.84 Å². The van der Waals surface area contributed by atoms with Crippen LogP contribution in [0.1, 0.15) is 56.2 Å². The molecule has 0 amide bonds. The van der Waals surface area contributed by atoms with Gasteiger partial charge in [-0.25, -0.2) is 4.39 Å². The number of hydrogen-bond donors (Lipinski definition) is 2. The van der Waals surface area contributed by atoms with Gasteiger partial charge in [-0.05, 0) is 31.2 Å². The Morgan fingerprint density at radius 2 is 2.11 bits per heavy atom. The Bertz CT molecular complexity index is 419. The van der Waals surface area contributed by atoms with E-state index >= 15 is 0 Å². The topological polar surface area (TPSA) is 38.0 Å². The molecule has 0 saturated heterocycles. The Morgan fingerprint density at radius 3 is 2.79 bits per heavy atom. The van der Waals surface area contributed by atoms with Crippen LogP contribution in [0.4, 0.5) is 4.39 Å². The minimum absolute atomic E-state index is 0.0647.